The molecule has 2 aromatic rings. The quantitative estimate of drug-likeness (QED) is 0.910. The minimum Gasteiger partial charge on any atom is -0.494 e. The maximum absolute atomic E-state index is 11.0. The fourth-order valence-corrected chi connectivity index (χ4v) is 2.57. The number of hydrogen-bond donors (Lipinski definition) is 1. The zero-order valence-electron chi connectivity index (χ0n) is 9.85. The third-order valence-corrected chi connectivity index (χ3v) is 3.74. The van der Waals surface area contributed by atoms with Crippen molar-refractivity contribution in [3.63, 3.8) is 0 Å². The van der Waals surface area contributed by atoms with Crippen molar-refractivity contribution in [1.29, 1.82) is 0 Å². The molecule has 0 radical (unpaired) electrons. The van der Waals surface area contributed by atoms with E-state index in [1.807, 2.05) is 0 Å². The Labute approximate surface area is 103 Å². The molecule has 0 aliphatic heterocycles. The van der Waals surface area contributed by atoms with Gasteiger partial charge < -0.3 is 9.84 Å². The molecular formula is C12H13NO3S. The van der Waals surface area contributed by atoms with E-state index in [0.717, 1.165) is 15.2 Å². The fourth-order valence-electron chi connectivity index (χ4n) is 1.54. The number of thiazole rings is 1. The smallest absolute Gasteiger partial charge is 0.335 e. The Balaban J connectivity index is 2.69. The first-order chi connectivity index (χ1) is 8.02. The van der Waals surface area contributed by atoms with Crippen molar-refractivity contribution in [1.82, 2.24) is 4.98 Å². The Bertz CT molecular complexity index is 574. The summed E-state index contributed by atoms with van der Waals surface area (Å²) >= 11 is 1.51. The molecule has 1 aromatic heterocycles. The first kappa shape index (κ1) is 11.9. The lowest BCUT2D eigenvalue weighted by Gasteiger charge is -2.02. The second kappa shape index (κ2) is 4.33. The summed E-state index contributed by atoms with van der Waals surface area (Å²) in [7, 11) is 1.52. The monoisotopic (exact) mass is 251 g/mol. The third-order valence-electron chi connectivity index (χ3n) is 2.44. The number of aromatic nitrogens is 1. The number of aromatic carboxylic acids is 1. The van der Waals surface area contributed by atoms with Gasteiger partial charge in [-0.25, -0.2) is 9.78 Å². The largest absolute Gasteiger partial charge is 0.494 e. The predicted octanol–water partition coefficient (Wildman–Crippen LogP) is 3.13. The number of benzene rings is 1. The van der Waals surface area contributed by atoms with E-state index >= 15 is 0 Å². The highest BCUT2D eigenvalue weighted by Crippen LogP contribution is 2.34. The second-order valence-corrected chi connectivity index (χ2v) is 5.10. The van der Waals surface area contributed by atoms with Gasteiger partial charge in [-0.1, -0.05) is 13.8 Å². The lowest BCUT2D eigenvalue weighted by molar-refractivity contribution is 0.0696. The molecule has 0 atom stereocenters. The number of fused-ring (bicyclic) bond motifs is 1. The molecule has 0 bridgehead atoms. The van der Waals surface area contributed by atoms with Gasteiger partial charge in [-0.05, 0) is 12.1 Å². The summed E-state index contributed by atoms with van der Waals surface area (Å²) in [5.41, 5.74) is 0.972. The summed E-state index contributed by atoms with van der Waals surface area (Å²) in [6.07, 6.45) is 0. The van der Waals surface area contributed by atoms with Gasteiger partial charge in [0, 0.05) is 5.92 Å². The van der Waals surface area contributed by atoms with Crippen LogP contribution in [0.1, 0.15) is 35.1 Å². The van der Waals surface area contributed by atoms with Crippen LogP contribution in [0.2, 0.25) is 0 Å². The van der Waals surface area contributed by atoms with Crippen LogP contribution in [0.25, 0.3) is 10.2 Å². The van der Waals surface area contributed by atoms with Gasteiger partial charge in [-0.3, -0.25) is 0 Å². The van der Waals surface area contributed by atoms with Gasteiger partial charge in [0.05, 0.1) is 22.4 Å². The molecule has 1 N–H and O–H groups in total. The van der Waals surface area contributed by atoms with Gasteiger partial charge in [0.1, 0.15) is 11.3 Å². The van der Waals surface area contributed by atoms with Crippen LogP contribution in [0.3, 0.4) is 0 Å². The molecule has 1 aromatic carbocycles. The number of ether oxygens (including phenoxy) is 1. The van der Waals surface area contributed by atoms with Gasteiger partial charge in [-0.15, -0.1) is 11.3 Å². The van der Waals surface area contributed by atoms with Crippen LogP contribution in [0, 0.1) is 0 Å². The lowest BCUT2D eigenvalue weighted by atomic mass is 10.2. The summed E-state index contributed by atoms with van der Waals surface area (Å²) < 4.78 is 6.04. The van der Waals surface area contributed by atoms with Crippen LogP contribution in [0.15, 0.2) is 12.1 Å². The molecule has 0 aliphatic carbocycles. The first-order valence-corrected chi connectivity index (χ1v) is 6.06. The Morgan fingerprint density at radius 1 is 1.47 bits per heavy atom. The average Bonchev–Trinajstić information content (AvgIpc) is 2.71. The number of methoxy groups -OCH3 is 1. The minimum absolute atomic E-state index is 0.230. The summed E-state index contributed by atoms with van der Waals surface area (Å²) in [5, 5.41) is 10.00. The molecule has 0 unspecified atom stereocenters. The molecule has 0 aliphatic rings. The standard InChI is InChI=1S/C12H13NO3S/c1-6(2)11-13-10-8(16-3)4-7(12(14)15)5-9(10)17-11/h4-6H,1-3H3,(H,14,15). The predicted molar refractivity (Wildman–Crippen MR) is 67.2 cm³/mol. The van der Waals surface area contributed by atoms with E-state index in [9.17, 15) is 4.79 Å². The van der Waals surface area contributed by atoms with Crippen LogP contribution >= 0.6 is 11.3 Å². The molecule has 0 saturated carbocycles. The molecule has 4 nitrogen and oxygen atoms in total. The van der Waals surface area contributed by atoms with Crippen LogP contribution in [-0.2, 0) is 0 Å². The van der Waals surface area contributed by atoms with E-state index in [0.29, 0.717) is 11.7 Å². The fraction of sp³-hybridized carbons (Fsp3) is 0.333. The number of carboxylic acids is 1. The molecule has 0 spiro atoms. The van der Waals surface area contributed by atoms with Crippen LogP contribution in [0.5, 0.6) is 5.75 Å². The third kappa shape index (κ3) is 2.10. The second-order valence-electron chi connectivity index (χ2n) is 4.04. The van der Waals surface area contributed by atoms with Crippen molar-refractivity contribution >= 4 is 27.5 Å². The number of nitrogens with zero attached hydrogens (tertiary/aromatic N) is 1. The highest BCUT2D eigenvalue weighted by molar-refractivity contribution is 7.18. The highest BCUT2D eigenvalue weighted by Gasteiger charge is 2.15. The normalized spacial score (nSPS) is 11.1. The van der Waals surface area contributed by atoms with Crippen LogP contribution in [-0.4, -0.2) is 23.2 Å². The van der Waals surface area contributed by atoms with E-state index in [1.165, 1.54) is 24.5 Å². The Kier molecular flexibility index (Phi) is 3.02. The maximum atomic E-state index is 11.0. The van der Waals surface area contributed by atoms with Crippen molar-refractivity contribution in [2.45, 2.75) is 19.8 Å². The van der Waals surface area contributed by atoms with Gasteiger partial charge in [0.15, 0.2) is 0 Å². The van der Waals surface area contributed by atoms with Crippen molar-refractivity contribution in [3.8, 4) is 5.75 Å². The maximum Gasteiger partial charge on any atom is 0.335 e. The SMILES string of the molecule is COc1cc(C(=O)O)cc2sc(C(C)C)nc12. The Morgan fingerprint density at radius 2 is 2.18 bits per heavy atom. The average molecular weight is 251 g/mol. The molecule has 1 heterocycles. The molecule has 0 amide bonds. The Hall–Kier alpha value is -1.62. The number of carbonyl (C=O) groups is 1. The van der Waals surface area contributed by atoms with E-state index in [4.69, 9.17) is 9.84 Å². The number of rotatable bonds is 3. The minimum atomic E-state index is -0.954. The zero-order chi connectivity index (χ0) is 12.6. The molecule has 0 fully saturated rings. The van der Waals surface area contributed by atoms with E-state index in [1.54, 1.807) is 6.07 Å². The summed E-state index contributed by atoms with van der Waals surface area (Å²) in [6.45, 7) is 4.12. The van der Waals surface area contributed by atoms with E-state index in [2.05, 4.69) is 18.8 Å². The van der Waals surface area contributed by atoms with Crippen molar-refractivity contribution in [3.05, 3.63) is 22.7 Å². The zero-order valence-corrected chi connectivity index (χ0v) is 10.7. The van der Waals surface area contributed by atoms with Crippen LogP contribution < -0.4 is 4.74 Å². The van der Waals surface area contributed by atoms with Crippen molar-refractivity contribution in [2.24, 2.45) is 0 Å². The highest BCUT2D eigenvalue weighted by atomic mass is 32.1. The lowest BCUT2D eigenvalue weighted by Crippen LogP contribution is -1.97. The Morgan fingerprint density at radius 3 is 2.71 bits per heavy atom. The van der Waals surface area contributed by atoms with Gasteiger partial charge in [0.25, 0.3) is 0 Å². The number of hydrogen-bond acceptors (Lipinski definition) is 4. The molecular weight excluding hydrogens is 238 g/mol. The summed E-state index contributed by atoms with van der Waals surface area (Å²) in [6, 6.07) is 3.15. The van der Waals surface area contributed by atoms with Crippen molar-refractivity contribution in [2.75, 3.05) is 7.11 Å². The van der Waals surface area contributed by atoms with Gasteiger partial charge >= 0.3 is 5.97 Å². The number of carboxylic acid groups (broad SMARTS) is 1. The molecule has 0 saturated heterocycles. The molecule has 5 heteroatoms. The molecule has 17 heavy (non-hydrogen) atoms. The topological polar surface area (TPSA) is 59.4 Å². The van der Waals surface area contributed by atoms with E-state index in [-0.39, 0.29) is 5.56 Å². The van der Waals surface area contributed by atoms with E-state index < -0.39 is 5.97 Å². The van der Waals surface area contributed by atoms with Gasteiger partial charge in [0.2, 0.25) is 0 Å². The first-order valence-electron chi connectivity index (χ1n) is 5.24. The van der Waals surface area contributed by atoms with Gasteiger partial charge in [-0.2, -0.15) is 0 Å². The van der Waals surface area contributed by atoms with Crippen molar-refractivity contribution < 1.29 is 14.6 Å². The summed E-state index contributed by atoms with van der Waals surface area (Å²) in [5.74, 6) is -0.113. The molecule has 90 valence electrons. The van der Waals surface area contributed by atoms with Crippen LogP contribution in [0.4, 0.5) is 0 Å². The molecule has 2 rings (SSSR count). The summed E-state index contributed by atoms with van der Waals surface area (Å²) in [4.78, 5) is 15.5.